The second-order valence-corrected chi connectivity index (χ2v) is 7.18. The van der Waals surface area contributed by atoms with Gasteiger partial charge in [-0.2, -0.15) is 9.94 Å². The molecule has 1 aromatic carbocycles. The van der Waals surface area contributed by atoms with Gasteiger partial charge in [-0.15, -0.1) is 10.2 Å². The summed E-state index contributed by atoms with van der Waals surface area (Å²) in [5, 5.41) is 18.8. The van der Waals surface area contributed by atoms with E-state index >= 15 is 0 Å². The van der Waals surface area contributed by atoms with Gasteiger partial charge in [-0.3, -0.25) is 14.6 Å². The Morgan fingerprint density at radius 1 is 1.31 bits per heavy atom. The zero-order valence-corrected chi connectivity index (χ0v) is 17.3. The molecule has 0 atom stereocenters. The number of aromatic amines is 2. The topological polar surface area (TPSA) is 147 Å². The summed E-state index contributed by atoms with van der Waals surface area (Å²) in [7, 11) is 0. The van der Waals surface area contributed by atoms with E-state index in [9.17, 15) is 14.4 Å². The van der Waals surface area contributed by atoms with Gasteiger partial charge < -0.3 is 4.74 Å². The largest absolute Gasteiger partial charge is 0.435 e. The molecule has 0 saturated carbocycles. The Morgan fingerprint density at radius 3 is 2.66 bits per heavy atom. The van der Waals surface area contributed by atoms with E-state index in [0.29, 0.717) is 4.47 Å². The molecule has 0 bridgehead atoms. The van der Waals surface area contributed by atoms with E-state index in [1.165, 1.54) is 18.2 Å². The summed E-state index contributed by atoms with van der Waals surface area (Å²) in [4.78, 5) is 37.5. The Kier molecular flexibility index (Phi) is 5.28. The first kappa shape index (κ1) is 19.1. The molecule has 3 rings (SSSR count). The summed E-state index contributed by atoms with van der Waals surface area (Å²) in [5.41, 5.74) is -2.48. The van der Waals surface area contributed by atoms with E-state index in [1.807, 2.05) is 4.98 Å². The molecule has 0 spiro atoms. The molecule has 2 N–H and O–H groups in total. The van der Waals surface area contributed by atoms with Crippen LogP contribution in [0, 0.1) is 11.3 Å². The highest BCUT2D eigenvalue weighted by atomic mass is 79.9. The number of rotatable bonds is 4. The number of nitriles is 1. The third kappa shape index (κ3) is 4.13. The van der Waals surface area contributed by atoms with E-state index in [-0.39, 0.29) is 27.9 Å². The predicted molar refractivity (Wildman–Crippen MR) is 107 cm³/mol. The molecule has 0 amide bonds. The van der Waals surface area contributed by atoms with Gasteiger partial charge in [-0.25, -0.2) is 9.89 Å². The molecule has 0 saturated heterocycles. The van der Waals surface area contributed by atoms with E-state index in [4.69, 9.17) is 23.0 Å². The fourth-order valence-corrected chi connectivity index (χ4v) is 3.23. The van der Waals surface area contributed by atoms with Crippen molar-refractivity contribution in [3.05, 3.63) is 70.1 Å². The normalized spacial score (nSPS) is 11.6. The highest BCUT2D eigenvalue weighted by molar-refractivity contribution is 9.10. The van der Waals surface area contributed by atoms with Gasteiger partial charge in [-0.1, -0.05) is 25.4 Å². The fraction of sp³-hybridized carbons (Fsp3) is 0.176. The Morgan fingerprint density at radius 2 is 2.03 bits per heavy atom. The number of nitrogens with zero attached hydrogens (tertiary/aromatic N) is 4. The lowest BCUT2D eigenvalue weighted by Crippen LogP contribution is -2.33. The van der Waals surface area contributed by atoms with Crippen LogP contribution in [0.5, 0.6) is 11.6 Å². The average Bonchev–Trinajstić information content (AvgIpc) is 2.65. The van der Waals surface area contributed by atoms with Crippen LogP contribution in [-0.2, 0) is 0 Å². The lowest BCUT2D eigenvalue weighted by atomic mass is 10.1. The van der Waals surface area contributed by atoms with Crippen molar-refractivity contribution in [3.63, 3.8) is 0 Å². The number of aromatic nitrogens is 5. The Hall–Kier alpha value is -3.23. The first-order valence-corrected chi connectivity index (χ1v) is 9.09. The van der Waals surface area contributed by atoms with Crippen molar-refractivity contribution >= 4 is 27.5 Å². The number of nitrogens with one attached hydrogen (secondary N) is 2. The molecule has 0 aliphatic rings. The Balaban J connectivity index is 2.06. The third-order valence-electron chi connectivity index (χ3n) is 3.69. The van der Waals surface area contributed by atoms with Gasteiger partial charge in [0.2, 0.25) is 11.6 Å². The average molecular weight is 481 g/mol. The highest BCUT2D eigenvalue weighted by Crippen LogP contribution is 2.37. The highest BCUT2D eigenvalue weighted by Gasteiger charge is 2.16. The minimum absolute atomic E-state index is 0.00799. The van der Waals surface area contributed by atoms with Crippen molar-refractivity contribution in [1.29, 1.82) is 5.26 Å². The van der Waals surface area contributed by atoms with Crippen molar-refractivity contribution in [2.24, 2.45) is 0 Å². The molecular weight excluding hydrogens is 468 g/mol. The monoisotopic (exact) mass is 479 g/mol. The molecule has 0 radical (unpaired) electrons. The van der Waals surface area contributed by atoms with Gasteiger partial charge in [0.25, 0.3) is 11.1 Å². The Bertz CT molecular complexity index is 1350. The summed E-state index contributed by atoms with van der Waals surface area (Å²) in [6, 6.07) is 5.68. The molecule has 12 heteroatoms. The van der Waals surface area contributed by atoms with Crippen LogP contribution in [0.1, 0.15) is 32.4 Å². The molecule has 0 aliphatic heterocycles. The van der Waals surface area contributed by atoms with Crippen LogP contribution >= 0.6 is 27.5 Å². The molecule has 148 valence electrons. The number of hydrogen-bond donors (Lipinski definition) is 2. The molecule has 10 nitrogen and oxygen atoms in total. The molecule has 0 unspecified atom stereocenters. The number of halogens is 2. The van der Waals surface area contributed by atoms with Crippen LogP contribution in [-0.4, -0.2) is 25.0 Å². The smallest absolute Gasteiger partial charge is 0.349 e. The van der Waals surface area contributed by atoms with Gasteiger partial charge in [0.05, 0.1) is 15.2 Å². The zero-order valence-electron chi connectivity index (χ0n) is 15.9. The lowest BCUT2D eigenvalue weighted by Gasteiger charge is -2.12. The predicted octanol–water partition coefficient (Wildman–Crippen LogP) is 2.21. The summed E-state index contributed by atoms with van der Waals surface area (Å²) >= 11 is 9.55. The van der Waals surface area contributed by atoms with Gasteiger partial charge in [0.1, 0.15) is 6.07 Å². The van der Waals surface area contributed by atoms with E-state index in [0.717, 1.165) is 4.68 Å². The second-order valence-electron chi connectivity index (χ2n) is 5.92. The zero-order chi connectivity index (χ0) is 22.2. The minimum atomic E-state index is -1.19. The lowest BCUT2D eigenvalue weighted by molar-refractivity contribution is 0.449. The molecular formula is C17H12BrClN6O4. The molecule has 3 aromatic rings. The van der Waals surface area contributed by atoms with Gasteiger partial charge >= 0.3 is 5.69 Å². The number of ether oxygens (including phenoxy) is 1. The van der Waals surface area contributed by atoms with E-state index in [2.05, 4.69) is 31.2 Å². The molecule has 0 aliphatic carbocycles. The van der Waals surface area contributed by atoms with Gasteiger partial charge in [0.15, 0.2) is 5.75 Å². The molecule has 2 aromatic heterocycles. The van der Waals surface area contributed by atoms with E-state index in [1.54, 1.807) is 19.9 Å². The number of benzene rings is 1. The Labute approximate surface area is 177 Å². The maximum absolute atomic E-state index is 12.1. The third-order valence-corrected chi connectivity index (χ3v) is 4.56. The summed E-state index contributed by atoms with van der Waals surface area (Å²) in [5.74, 6) is -1.08. The standard InChI is InChI=1S/C17H12BrClN6O4/c1-7(2)9-5-13(22-23-15(9)26)29-14-10(18)3-8(4-11(14)19)25-17(28)21-16(27)12(6-20)24-25/h3-5,7H,1-2H3,(H,23,26)(H,21,27,28)/i7D. The van der Waals surface area contributed by atoms with Crippen molar-refractivity contribution in [1.82, 2.24) is 25.0 Å². The molecule has 2 heterocycles. The first-order chi connectivity index (χ1) is 14.0. The van der Waals surface area contributed by atoms with Crippen molar-refractivity contribution in [3.8, 4) is 23.4 Å². The quantitative estimate of drug-likeness (QED) is 0.582. The summed E-state index contributed by atoms with van der Waals surface area (Å²) in [6.45, 7) is 3.09. The van der Waals surface area contributed by atoms with Gasteiger partial charge in [0, 0.05) is 13.0 Å². The van der Waals surface area contributed by atoms with Crippen molar-refractivity contribution < 1.29 is 6.11 Å². The van der Waals surface area contributed by atoms with Crippen LogP contribution < -0.4 is 21.5 Å². The van der Waals surface area contributed by atoms with Crippen LogP contribution in [0.25, 0.3) is 5.69 Å². The summed E-state index contributed by atoms with van der Waals surface area (Å²) in [6.07, 6.45) is 0. The SMILES string of the molecule is [2H]C(C)(C)c1cc(Oc2c(Cl)cc(-n3nc(C#N)c(=O)[nH]c3=O)cc2Br)n[nH]c1=O. The minimum Gasteiger partial charge on any atom is -0.435 e. The van der Waals surface area contributed by atoms with Crippen LogP contribution in [0.2, 0.25) is 5.02 Å². The number of H-pyrrole nitrogens is 2. The second kappa shape index (κ2) is 8.02. The van der Waals surface area contributed by atoms with Gasteiger partial charge in [-0.05, 0) is 34.0 Å². The number of hydrogen-bond acceptors (Lipinski definition) is 7. The fourth-order valence-electron chi connectivity index (χ4n) is 2.33. The van der Waals surface area contributed by atoms with Crippen molar-refractivity contribution in [2.45, 2.75) is 19.7 Å². The summed E-state index contributed by atoms with van der Waals surface area (Å²) < 4.78 is 14.8. The maximum atomic E-state index is 12.1. The van der Waals surface area contributed by atoms with Crippen LogP contribution in [0.15, 0.2) is 37.1 Å². The van der Waals surface area contributed by atoms with Crippen LogP contribution in [0.3, 0.4) is 0 Å². The van der Waals surface area contributed by atoms with Crippen molar-refractivity contribution in [2.75, 3.05) is 0 Å². The molecule has 0 fully saturated rings. The first-order valence-electron chi connectivity index (χ1n) is 8.42. The maximum Gasteiger partial charge on any atom is 0.349 e. The molecule has 29 heavy (non-hydrogen) atoms. The van der Waals surface area contributed by atoms with Crippen LogP contribution in [0.4, 0.5) is 0 Å². The van der Waals surface area contributed by atoms with E-state index < -0.39 is 28.4 Å².